The van der Waals surface area contributed by atoms with Crippen molar-refractivity contribution in [2.24, 2.45) is 11.7 Å². The maximum atomic E-state index is 12.9. The van der Waals surface area contributed by atoms with Gasteiger partial charge in [0, 0.05) is 31.6 Å². The van der Waals surface area contributed by atoms with E-state index in [-0.39, 0.29) is 30.5 Å². The third-order valence-electron chi connectivity index (χ3n) is 7.26. The number of hydrogen-bond donors (Lipinski definition) is 6. The molecule has 11 heteroatoms. The summed E-state index contributed by atoms with van der Waals surface area (Å²) in [4.78, 5) is 39.6. The van der Waals surface area contributed by atoms with E-state index in [1.165, 1.54) is 11.8 Å². The van der Waals surface area contributed by atoms with Gasteiger partial charge < -0.3 is 36.1 Å². The molecule has 1 saturated heterocycles. The van der Waals surface area contributed by atoms with E-state index in [2.05, 4.69) is 28.2 Å². The van der Waals surface area contributed by atoms with Crippen LogP contribution in [0.4, 0.5) is 10.5 Å². The lowest BCUT2D eigenvalue weighted by Gasteiger charge is -2.31. The quantitative estimate of drug-likeness (QED) is 0.256. The van der Waals surface area contributed by atoms with Gasteiger partial charge in [-0.25, -0.2) is 4.79 Å². The molecule has 2 aliphatic heterocycles. The molecule has 3 heterocycles. The molecule has 0 spiro atoms. The summed E-state index contributed by atoms with van der Waals surface area (Å²) in [7, 11) is 0. The number of unbranched alkanes of at least 4 members (excludes halogenated alkanes) is 1. The van der Waals surface area contributed by atoms with Crippen LogP contribution in [-0.4, -0.2) is 53.2 Å². The molecule has 1 atom stereocenters. The summed E-state index contributed by atoms with van der Waals surface area (Å²) in [5.41, 5.74) is 6.12. The molecule has 7 N–H and O–H groups in total. The molecule has 1 aromatic heterocycles. The number of benzene rings is 1. The number of piperidine rings is 1. The number of aliphatic hydroxyl groups excluding tert-OH is 1. The van der Waals surface area contributed by atoms with Crippen LogP contribution in [0.3, 0.4) is 0 Å². The molecule has 11 nitrogen and oxygen atoms in total. The highest BCUT2D eigenvalue weighted by molar-refractivity contribution is 5.92. The highest BCUT2D eigenvalue weighted by Crippen LogP contribution is 2.24. The van der Waals surface area contributed by atoms with Gasteiger partial charge in [0.1, 0.15) is 11.6 Å². The standard InChI is InChI=1S/C28H38N6O5/c1-2-3-4-19-5-7-21(8-6-19)31-27(38)32-24-18-30-28(33-24,26(29)37)17-22-9-10-23(39-22)25(36)34-14-11-20(12-15-34)13-16-35/h5-10,18,20,30,33,35H,2-4,11-17H2,1H3,(H2,29,37)(H2,31,32,38). The van der Waals surface area contributed by atoms with Gasteiger partial charge in [-0.1, -0.05) is 25.5 Å². The second kappa shape index (κ2) is 12.7. The number of amides is 4. The molecular weight excluding hydrogens is 500 g/mol. The van der Waals surface area contributed by atoms with Gasteiger partial charge in [0.15, 0.2) is 11.4 Å². The van der Waals surface area contributed by atoms with E-state index in [0.29, 0.717) is 30.5 Å². The van der Waals surface area contributed by atoms with Crippen LogP contribution in [0.15, 0.2) is 52.8 Å². The molecule has 2 aromatic rings. The number of nitrogens with one attached hydrogen (secondary N) is 4. The Morgan fingerprint density at radius 3 is 2.54 bits per heavy atom. The van der Waals surface area contributed by atoms with Gasteiger partial charge in [0.2, 0.25) is 0 Å². The molecule has 4 rings (SSSR count). The number of anilines is 1. The monoisotopic (exact) mass is 538 g/mol. The highest BCUT2D eigenvalue weighted by Gasteiger charge is 2.41. The van der Waals surface area contributed by atoms with Crippen molar-refractivity contribution in [3.63, 3.8) is 0 Å². The van der Waals surface area contributed by atoms with E-state index < -0.39 is 17.6 Å². The Labute approximate surface area is 228 Å². The Bertz CT molecular complexity index is 1190. The fourth-order valence-electron chi connectivity index (χ4n) is 4.91. The summed E-state index contributed by atoms with van der Waals surface area (Å²) in [5.74, 6) is 0.354. The van der Waals surface area contributed by atoms with Gasteiger partial charge in [-0.2, -0.15) is 0 Å². The number of aliphatic hydroxyl groups is 1. The normalized spacial score (nSPS) is 19.1. The lowest BCUT2D eigenvalue weighted by molar-refractivity contribution is -0.124. The summed E-state index contributed by atoms with van der Waals surface area (Å²) < 4.78 is 5.80. The van der Waals surface area contributed by atoms with E-state index in [1.807, 2.05) is 24.3 Å². The number of nitrogens with zero attached hydrogens (tertiary/aromatic N) is 1. The Balaban J connectivity index is 1.31. The number of urea groups is 1. The van der Waals surface area contributed by atoms with Gasteiger partial charge in [0.25, 0.3) is 11.8 Å². The largest absolute Gasteiger partial charge is 0.456 e. The van der Waals surface area contributed by atoms with Gasteiger partial charge in [-0.15, -0.1) is 0 Å². The van der Waals surface area contributed by atoms with E-state index in [9.17, 15) is 14.4 Å². The van der Waals surface area contributed by atoms with Gasteiger partial charge in [-0.3, -0.25) is 14.9 Å². The van der Waals surface area contributed by atoms with Crippen LogP contribution in [0.2, 0.25) is 0 Å². The zero-order chi connectivity index (χ0) is 27.8. The fourth-order valence-corrected chi connectivity index (χ4v) is 4.91. The van der Waals surface area contributed by atoms with Crippen molar-refractivity contribution in [2.45, 2.75) is 57.5 Å². The van der Waals surface area contributed by atoms with Crippen molar-refractivity contribution in [3.8, 4) is 0 Å². The third-order valence-corrected chi connectivity index (χ3v) is 7.26. The topological polar surface area (TPSA) is 162 Å². The first-order chi connectivity index (χ1) is 18.8. The summed E-state index contributed by atoms with van der Waals surface area (Å²) in [6, 6.07) is 10.4. The maximum Gasteiger partial charge on any atom is 0.324 e. The zero-order valence-corrected chi connectivity index (χ0v) is 22.3. The molecule has 4 amide bonds. The zero-order valence-electron chi connectivity index (χ0n) is 22.3. The van der Waals surface area contributed by atoms with Crippen LogP contribution in [0, 0.1) is 5.92 Å². The number of likely N-dealkylation sites (tertiary alicyclic amines) is 1. The summed E-state index contributed by atoms with van der Waals surface area (Å²) >= 11 is 0. The van der Waals surface area contributed by atoms with Crippen molar-refractivity contribution in [1.82, 2.24) is 20.9 Å². The van der Waals surface area contributed by atoms with Crippen molar-refractivity contribution in [1.29, 1.82) is 0 Å². The second-order valence-corrected chi connectivity index (χ2v) is 10.2. The number of hydrogen-bond acceptors (Lipinski definition) is 7. The second-order valence-electron chi connectivity index (χ2n) is 10.2. The van der Waals surface area contributed by atoms with Crippen LogP contribution in [0.25, 0.3) is 0 Å². The van der Waals surface area contributed by atoms with Crippen LogP contribution in [0.5, 0.6) is 0 Å². The minimum absolute atomic E-state index is 0.0106. The van der Waals surface area contributed by atoms with Crippen molar-refractivity contribution in [2.75, 3.05) is 25.0 Å². The average molecular weight is 539 g/mol. The lowest BCUT2D eigenvalue weighted by atomic mass is 9.94. The molecule has 1 fully saturated rings. The van der Waals surface area contributed by atoms with Crippen LogP contribution in [-0.2, 0) is 17.6 Å². The number of primary amides is 1. The van der Waals surface area contributed by atoms with E-state index in [1.54, 1.807) is 17.0 Å². The number of carbonyl (C=O) groups is 3. The Kier molecular flexibility index (Phi) is 9.13. The third kappa shape index (κ3) is 7.11. The van der Waals surface area contributed by atoms with Crippen molar-refractivity contribution in [3.05, 3.63) is 65.5 Å². The highest BCUT2D eigenvalue weighted by atomic mass is 16.4. The molecule has 210 valence electrons. The molecule has 1 aromatic carbocycles. The van der Waals surface area contributed by atoms with E-state index in [0.717, 1.165) is 38.5 Å². The van der Waals surface area contributed by atoms with Crippen LogP contribution in [0.1, 0.15) is 60.9 Å². The first-order valence-corrected chi connectivity index (χ1v) is 13.5. The van der Waals surface area contributed by atoms with Crippen molar-refractivity contribution < 1.29 is 23.9 Å². The Hall–Kier alpha value is -3.99. The maximum absolute atomic E-state index is 12.9. The molecule has 39 heavy (non-hydrogen) atoms. The van der Waals surface area contributed by atoms with E-state index in [4.69, 9.17) is 15.3 Å². The molecular formula is C28H38N6O5. The van der Waals surface area contributed by atoms with Gasteiger partial charge >= 0.3 is 6.03 Å². The van der Waals surface area contributed by atoms with Crippen LogP contribution < -0.4 is 27.0 Å². The number of furan rings is 1. The Morgan fingerprint density at radius 1 is 1.13 bits per heavy atom. The van der Waals surface area contributed by atoms with Crippen molar-refractivity contribution >= 4 is 23.5 Å². The number of carbonyl (C=O) groups excluding carboxylic acids is 3. The predicted octanol–water partition coefficient (Wildman–Crippen LogP) is 2.39. The van der Waals surface area contributed by atoms with E-state index >= 15 is 0 Å². The lowest BCUT2D eigenvalue weighted by Crippen LogP contribution is -2.61. The number of aryl methyl sites for hydroxylation is 1. The average Bonchev–Trinajstić information content (AvgIpc) is 3.56. The fraction of sp³-hybridized carbons (Fsp3) is 0.464. The predicted molar refractivity (Wildman–Crippen MR) is 146 cm³/mol. The first kappa shape index (κ1) is 28.0. The molecule has 2 aliphatic rings. The number of rotatable bonds is 11. The first-order valence-electron chi connectivity index (χ1n) is 13.5. The molecule has 0 bridgehead atoms. The minimum Gasteiger partial charge on any atom is -0.456 e. The van der Waals surface area contributed by atoms with Gasteiger partial charge in [-0.05, 0) is 67.9 Å². The smallest absolute Gasteiger partial charge is 0.324 e. The van der Waals surface area contributed by atoms with Gasteiger partial charge in [0.05, 0.1) is 6.42 Å². The SMILES string of the molecule is CCCCc1ccc(NC(=O)NC2=CNC(Cc3ccc(C(=O)N4CCC(CCO)CC4)o3)(C(N)=O)N2)cc1. The number of nitrogens with two attached hydrogens (primary N) is 1. The molecule has 0 radical (unpaired) electrons. The summed E-state index contributed by atoms with van der Waals surface area (Å²) in [6.45, 7) is 3.52. The molecule has 1 unspecified atom stereocenters. The molecule has 0 aliphatic carbocycles. The van der Waals surface area contributed by atoms with Crippen LogP contribution >= 0.6 is 0 Å². The summed E-state index contributed by atoms with van der Waals surface area (Å²) in [5, 5.41) is 20.4. The minimum atomic E-state index is -1.44. The summed E-state index contributed by atoms with van der Waals surface area (Å²) in [6.07, 6.45) is 7.14. The molecule has 0 saturated carbocycles. The Morgan fingerprint density at radius 2 is 1.87 bits per heavy atom.